The van der Waals surface area contributed by atoms with Gasteiger partial charge in [0.25, 0.3) is 5.91 Å². The molecule has 2 aromatic rings. The lowest BCUT2D eigenvalue weighted by molar-refractivity contribution is -0.137. The van der Waals surface area contributed by atoms with Gasteiger partial charge in [0.15, 0.2) is 5.69 Å². The Bertz CT molecular complexity index is 818. The first-order valence-corrected chi connectivity index (χ1v) is 8.08. The van der Waals surface area contributed by atoms with Gasteiger partial charge in [-0.1, -0.05) is 5.21 Å². The highest BCUT2D eigenvalue weighted by atomic mass is 35.5. The summed E-state index contributed by atoms with van der Waals surface area (Å²) < 4.78 is 53.7. The lowest BCUT2D eigenvalue weighted by Crippen LogP contribution is -2.30. The molecule has 0 spiro atoms. The summed E-state index contributed by atoms with van der Waals surface area (Å²) in [4.78, 5) is 12.4. The molecular weight excluding hydrogens is 390 g/mol. The molecule has 3 rings (SSSR count). The molecular formula is C16H18ClF4N5O. The van der Waals surface area contributed by atoms with E-state index in [-0.39, 0.29) is 24.1 Å². The van der Waals surface area contributed by atoms with Crippen LogP contribution >= 0.6 is 12.4 Å². The molecule has 0 unspecified atom stereocenters. The third-order valence-electron chi connectivity index (χ3n) is 4.34. The van der Waals surface area contributed by atoms with Crippen LogP contribution in [0.15, 0.2) is 18.2 Å². The molecule has 0 atom stereocenters. The van der Waals surface area contributed by atoms with Gasteiger partial charge >= 0.3 is 6.18 Å². The Hall–Kier alpha value is -2.20. The molecule has 1 aromatic heterocycles. The zero-order chi connectivity index (χ0) is 18.9. The van der Waals surface area contributed by atoms with Gasteiger partial charge in [0.2, 0.25) is 0 Å². The van der Waals surface area contributed by atoms with Crippen molar-refractivity contribution >= 4 is 24.0 Å². The lowest BCUT2D eigenvalue weighted by atomic mass is 10.1. The minimum atomic E-state index is -4.64. The first-order chi connectivity index (χ1) is 12.3. The normalized spacial score (nSPS) is 15.3. The van der Waals surface area contributed by atoms with Crippen LogP contribution in [0.3, 0.4) is 0 Å². The fourth-order valence-corrected chi connectivity index (χ4v) is 2.93. The quantitative estimate of drug-likeness (QED) is 0.765. The average Bonchev–Trinajstić information content (AvgIpc) is 2.98. The van der Waals surface area contributed by atoms with E-state index in [0.717, 1.165) is 25.9 Å². The molecule has 148 valence electrons. The summed E-state index contributed by atoms with van der Waals surface area (Å²) >= 11 is 0. The highest BCUT2D eigenvalue weighted by Crippen LogP contribution is 2.32. The highest BCUT2D eigenvalue weighted by molar-refractivity contribution is 6.03. The number of rotatable bonds is 3. The van der Waals surface area contributed by atoms with E-state index in [4.69, 9.17) is 0 Å². The molecule has 1 fully saturated rings. The van der Waals surface area contributed by atoms with Crippen molar-refractivity contribution in [2.24, 2.45) is 0 Å². The Balaban J connectivity index is 0.00000261. The number of halogens is 5. The summed E-state index contributed by atoms with van der Waals surface area (Å²) in [5.41, 5.74) is -1.16. The van der Waals surface area contributed by atoms with Gasteiger partial charge in [0, 0.05) is 0 Å². The van der Waals surface area contributed by atoms with Crippen LogP contribution in [0.25, 0.3) is 0 Å². The fraction of sp³-hybridized carbons (Fsp3) is 0.438. The number of benzene rings is 1. The van der Waals surface area contributed by atoms with Crippen LogP contribution in [0.1, 0.15) is 40.6 Å². The zero-order valence-corrected chi connectivity index (χ0v) is 15.1. The van der Waals surface area contributed by atoms with Gasteiger partial charge in [-0.2, -0.15) is 13.2 Å². The summed E-state index contributed by atoms with van der Waals surface area (Å²) in [7, 11) is 0. The fourth-order valence-electron chi connectivity index (χ4n) is 2.93. The number of nitrogens with one attached hydrogen (secondary N) is 2. The monoisotopic (exact) mass is 407 g/mol. The lowest BCUT2D eigenvalue weighted by Gasteiger charge is -2.23. The number of amides is 1. The van der Waals surface area contributed by atoms with Crippen molar-refractivity contribution in [1.29, 1.82) is 0 Å². The number of hydrogen-bond donors (Lipinski definition) is 2. The van der Waals surface area contributed by atoms with Crippen molar-refractivity contribution in [3.05, 3.63) is 41.0 Å². The van der Waals surface area contributed by atoms with E-state index in [9.17, 15) is 22.4 Å². The largest absolute Gasteiger partial charge is 0.416 e. The molecule has 1 saturated heterocycles. The molecule has 2 heterocycles. The first kappa shape index (κ1) is 21.1. The molecule has 11 heteroatoms. The second-order valence-electron chi connectivity index (χ2n) is 6.10. The Morgan fingerprint density at radius 3 is 2.59 bits per heavy atom. The summed E-state index contributed by atoms with van der Waals surface area (Å²) in [5, 5.41) is 13.2. The van der Waals surface area contributed by atoms with Gasteiger partial charge in [-0.15, -0.1) is 17.5 Å². The van der Waals surface area contributed by atoms with Gasteiger partial charge in [0.05, 0.1) is 23.0 Å². The number of alkyl halides is 3. The van der Waals surface area contributed by atoms with E-state index in [1.807, 2.05) is 0 Å². The zero-order valence-electron chi connectivity index (χ0n) is 14.3. The molecule has 0 aliphatic carbocycles. The minimum Gasteiger partial charge on any atom is -0.318 e. The number of aromatic nitrogens is 3. The first-order valence-electron chi connectivity index (χ1n) is 8.08. The van der Waals surface area contributed by atoms with E-state index < -0.39 is 29.2 Å². The van der Waals surface area contributed by atoms with Crippen LogP contribution in [0, 0.1) is 12.7 Å². The molecule has 2 N–H and O–H groups in total. The Morgan fingerprint density at radius 2 is 1.96 bits per heavy atom. The SMILES string of the molecule is Cc1c(C(=O)Nc2cc(C(F)(F)F)ccc2F)nnn1C1CCNCC1.Cl. The van der Waals surface area contributed by atoms with Crippen molar-refractivity contribution in [1.82, 2.24) is 20.3 Å². The predicted molar refractivity (Wildman–Crippen MR) is 92.5 cm³/mol. The van der Waals surface area contributed by atoms with Crippen LogP contribution in [0.2, 0.25) is 0 Å². The second kappa shape index (κ2) is 8.22. The maximum absolute atomic E-state index is 13.8. The van der Waals surface area contributed by atoms with Gasteiger partial charge in [0.1, 0.15) is 5.82 Å². The van der Waals surface area contributed by atoms with Gasteiger partial charge in [-0.05, 0) is 51.1 Å². The number of carbonyl (C=O) groups excluding carboxylic acids is 1. The molecule has 1 aromatic carbocycles. The van der Waals surface area contributed by atoms with Crippen LogP contribution in [-0.2, 0) is 6.18 Å². The average molecular weight is 408 g/mol. The Kier molecular flexibility index (Phi) is 6.42. The van der Waals surface area contributed by atoms with Gasteiger partial charge in [-0.3, -0.25) is 4.79 Å². The van der Waals surface area contributed by atoms with E-state index in [1.165, 1.54) is 0 Å². The number of hydrogen-bond acceptors (Lipinski definition) is 4. The number of carbonyl (C=O) groups is 1. The number of nitrogens with zero attached hydrogens (tertiary/aromatic N) is 3. The number of anilines is 1. The van der Waals surface area contributed by atoms with E-state index in [2.05, 4.69) is 20.9 Å². The Labute approximate surface area is 158 Å². The highest BCUT2D eigenvalue weighted by Gasteiger charge is 2.31. The van der Waals surface area contributed by atoms with Crippen molar-refractivity contribution < 1.29 is 22.4 Å². The molecule has 1 aliphatic heterocycles. The van der Waals surface area contributed by atoms with Crippen molar-refractivity contribution in [3.63, 3.8) is 0 Å². The summed E-state index contributed by atoms with van der Waals surface area (Å²) in [6.45, 7) is 3.29. The maximum atomic E-state index is 13.8. The summed E-state index contributed by atoms with van der Waals surface area (Å²) in [6, 6.07) is 1.93. The topological polar surface area (TPSA) is 71.8 Å². The van der Waals surface area contributed by atoms with Crippen molar-refractivity contribution in [2.75, 3.05) is 18.4 Å². The van der Waals surface area contributed by atoms with E-state index in [1.54, 1.807) is 11.6 Å². The van der Waals surface area contributed by atoms with Crippen LogP contribution in [0.4, 0.5) is 23.2 Å². The third kappa shape index (κ3) is 4.56. The van der Waals surface area contributed by atoms with Crippen LogP contribution < -0.4 is 10.6 Å². The molecule has 0 radical (unpaired) electrons. The van der Waals surface area contributed by atoms with Crippen LogP contribution in [-0.4, -0.2) is 34.0 Å². The molecule has 6 nitrogen and oxygen atoms in total. The minimum absolute atomic E-state index is 0. The summed E-state index contributed by atoms with van der Waals surface area (Å²) in [6.07, 6.45) is -2.98. The molecule has 0 bridgehead atoms. The van der Waals surface area contributed by atoms with Gasteiger partial charge in [-0.25, -0.2) is 9.07 Å². The van der Waals surface area contributed by atoms with Crippen molar-refractivity contribution in [3.8, 4) is 0 Å². The van der Waals surface area contributed by atoms with E-state index >= 15 is 0 Å². The standard InChI is InChI=1S/C16H17F4N5O.ClH/c1-9-14(23-24-25(9)11-4-6-21-7-5-11)15(26)22-13-8-10(16(18,19)20)2-3-12(13)17;/h2-3,8,11,21H,4-7H2,1H3,(H,22,26);1H. The molecule has 1 amide bonds. The smallest absolute Gasteiger partial charge is 0.318 e. The van der Waals surface area contributed by atoms with Crippen molar-refractivity contribution in [2.45, 2.75) is 32.0 Å². The second-order valence-corrected chi connectivity index (χ2v) is 6.10. The van der Waals surface area contributed by atoms with Crippen LogP contribution in [0.5, 0.6) is 0 Å². The van der Waals surface area contributed by atoms with Gasteiger partial charge < -0.3 is 10.6 Å². The summed E-state index contributed by atoms with van der Waals surface area (Å²) in [5.74, 6) is -1.77. The third-order valence-corrected chi connectivity index (χ3v) is 4.34. The molecule has 1 aliphatic rings. The maximum Gasteiger partial charge on any atom is 0.416 e. The van der Waals surface area contributed by atoms with E-state index in [0.29, 0.717) is 23.9 Å². The Morgan fingerprint density at radius 1 is 1.30 bits per heavy atom. The molecule has 0 saturated carbocycles. The number of piperidine rings is 1. The molecule has 27 heavy (non-hydrogen) atoms. The predicted octanol–water partition coefficient (Wildman–Crippen LogP) is 3.34.